The van der Waals surface area contributed by atoms with Crippen molar-refractivity contribution in [2.75, 3.05) is 25.1 Å². The second kappa shape index (κ2) is 20.0. The Morgan fingerprint density at radius 3 is 2.28 bits per heavy atom. The molecule has 3 aliphatic rings. The molecule has 72 heavy (non-hydrogen) atoms. The van der Waals surface area contributed by atoms with Crippen LogP contribution in [0.2, 0.25) is 0 Å². The molecule has 0 radical (unpaired) electrons. The molecule has 0 bridgehead atoms. The highest BCUT2D eigenvalue weighted by atomic mass is 32.1. The lowest BCUT2D eigenvalue weighted by Gasteiger charge is -2.36. The van der Waals surface area contributed by atoms with E-state index >= 15 is 0 Å². The van der Waals surface area contributed by atoms with E-state index in [1.54, 1.807) is 22.7 Å². The fraction of sp³-hybridized carbons (Fsp3) is 0.389. The Kier molecular flexibility index (Phi) is 13.9. The Labute approximate surface area is 426 Å². The largest absolute Gasteiger partial charge is 0.469 e. The summed E-state index contributed by atoms with van der Waals surface area (Å²) in [6.45, 7) is 14.9. The molecule has 3 N–H and O–H groups in total. The minimum absolute atomic E-state index is 0.00785. The van der Waals surface area contributed by atoms with E-state index in [9.17, 15) is 29.1 Å². The number of rotatable bonds is 12. The lowest BCUT2D eigenvalue weighted by atomic mass is 9.85. The molecular weight excluding hydrogens is 951 g/mol. The number of β-amino-alcohol motifs (C(OH)–C–C–N with tert-alkyl or cyclic N) is 1. The number of hydrogen-bond donors (Lipinski definition) is 3. The van der Waals surface area contributed by atoms with Gasteiger partial charge in [0.25, 0.3) is 0 Å². The summed E-state index contributed by atoms with van der Waals surface area (Å²) in [5.41, 5.74) is 10.7. The second-order valence-electron chi connectivity index (χ2n) is 20.0. The zero-order chi connectivity index (χ0) is 51.3. The van der Waals surface area contributed by atoms with Gasteiger partial charge in [0, 0.05) is 41.1 Å². The van der Waals surface area contributed by atoms with Crippen LogP contribution >= 0.6 is 22.7 Å². The first-order valence-electron chi connectivity index (χ1n) is 24.1. The Bertz CT molecular complexity index is 3130. The molecule has 3 aromatic carbocycles. The molecule has 6 aromatic rings. The standard InChI is InChI=1S/C54H59N9O7S2/c1-28-31(4)72-53-46(28)47(57-40(24-45(67)70-9)50-60-59-32(5)63(50)53)36-15-12-34(13-16-36)38-19-14-35-20-21-44(66)61(41(35)22-38)26-43(65)58-49(54(6,7)8)52(69)62-25-39(64)23-42(62)51(68)56-29(2)33-10-17-37(18-11-33)48-30(3)55-27-71-48/h10-19,22,27,29,39-40,42,49,64H,20-21,23-26H2,1-9H3,(H,56,68)(H,58,65)/t29-,39+,40-,42-,49+/m0/s1. The number of amides is 4. The molecule has 0 saturated carbocycles. The SMILES string of the molecule is COC(=O)C[C@@H]1N=C(c2ccc(-c3ccc4c(c3)N(CC(=O)N[C@H](C(=O)N3C[C@H](O)C[C@H]3C(=O)N[C@@H](C)c3ccc(-c5scnc5C)cc3)C(C)(C)C)C(=O)CC4)cc2)c2c(sc(C)c2C)-n2c(C)nnc21. The number of aliphatic imine (C=N–C) groups is 1. The van der Waals surface area contributed by atoms with Gasteiger partial charge in [0.05, 0.1) is 47.5 Å². The first kappa shape index (κ1) is 50.1. The number of aryl methyl sites for hydroxylation is 4. The number of likely N-dealkylation sites (tertiary alicyclic amines) is 1. The maximum absolute atomic E-state index is 14.5. The van der Waals surface area contributed by atoms with Gasteiger partial charge in [-0.25, -0.2) is 4.98 Å². The highest BCUT2D eigenvalue weighted by molar-refractivity contribution is 7.15. The number of carbonyl (C=O) groups is 5. The van der Waals surface area contributed by atoms with Gasteiger partial charge in [-0.3, -0.25) is 33.5 Å². The number of nitrogens with zero attached hydrogens (tertiary/aromatic N) is 7. The molecule has 0 unspecified atom stereocenters. The summed E-state index contributed by atoms with van der Waals surface area (Å²) in [6, 6.07) is 18.7. The van der Waals surface area contributed by atoms with E-state index in [0.717, 1.165) is 70.7 Å². The number of esters is 1. The van der Waals surface area contributed by atoms with Crippen molar-refractivity contribution in [2.24, 2.45) is 10.4 Å². The van der Waals surface area contributed by atoms with Crippen LogP contribution in [-0.4, -0.2) is 103 Å². The molecule has 1 saturated heterocycles. The van der Waals surface area contributed by atoms with Crippen LogP contribution < -0.4 is 15.5 Å². The molecule has 0 spiro atoms. The maximum atomic E-state index is 14.5. The van der Waals surface area contributed by atoms with Gasteiger partial charge in [-0.05, 0) is 85.9 Å². The number of ether oxygens (including phenoxy) is 1. The number of thiophene rings is 1. The highest BCUT2D eigenvalue weighted by Crippen LogP contribution is 2.41. The number of aliphatic hydroxyl groups excluding tert-OH is 1. The molecule has 374 valence electrons. The fourth-order valence-corrected chi connectivity index (χ4v) is 11.9. The summed E-state index contributed by atoms with van der Waals surface area (Å²) in [5, 5.41) is 26.6. The van der Waals surface area contributed by atoms with E-state index in [1.807, 2.05) is 118 Å². The molecule has 6 heterocycles. The monoisotopic (exact) mass is 1010 g/mol. The lowest BCUT2D eigenvalue weighted by molar-refractivity contribution is -0.144. The van der Waals surface area contributed by atoms with Crippen molar-refractivity contribution in [3.8, 4) is 26.6 Å². The summed E-state index contributed by atoms with van der Waals surface area (Å²) in [4.78, 5) is 83.5. The zero-order valence-electron chi connectivity index (χ0n) is 41.9. The summed E-state index contributed by atoms with van der Waals surface area (Å²) in [5.74, 6) is -0.797. The van der Waals surface area contributed by atoms with Crippen LogP contribution in [0, 0.1) is 33.1 Å². The predicted molar refractivity (Wildman–Crippen MR) is 277 cm³/mol. The van der Waals surface area contributed by atoms with Crippen molar-refractivity contribution < 1.29 is 33.8 Å². The lowest BCUT2D eigenvalue weighted by Crippen LogP contribution is -2.59. The number of nitrogens with one attached hydrogen (secondary N) is 2. The minimum Gasteiger partial charge on any atom is -0.469 e. The van der Waals surface area contributed by atoms with Gasteiger partial charge in [0.2, 0.25) is 23.6 Å². The third-order valence-electron chi connectivity index (χ3n) is 14.0. The molecule has 0 aliphatic carbocycles. The average molecular weight is 1010 g/mol. The third-order valence-corrected chi connectivity index (χ3v) is 16.1. The maximum Gasteiger partial charge on any atom is 0.308 e. The summed E-state index contributed by atoms with van der Waals surface area (Å²) >= 11 is 3.19. The van der Waals surface area contributed by atoms with Crippen LogP contribution in [0.3, 0.4) is 0 Å². The fourth-order valence-electron chi connectivity index (χ4n) is 9.84. The van der Waals surface area contributed by atoms with E-state index in [4.69, 9.17) is 9.73 Å². The van der Waals surface area contributed by atoms with Gasteiger partial charge < -0.3 is 30.3 Å². The molecule has 16 nitrogen and oxygen atoms in total. The predicted octanol–water partition coefficient (Wildman–Crippen LogP) is 7.46. The number of benzene rings is 3. The van der Waals surface area contributed by atoms with Gasteiger partial charge >= 0.3 is 5.97 Å². The first-order chi connectivity index (χ1) is 34.3. The summed E-state index contributed by atoms with van der Waals surface area (Å²) in [7, 11) is 1.36. The number of hydrogen-bond acceptors (Lipinski definition) is 13. The number of anilines is 1. The van der Waals surface area contributed by atoms with Gasteiger partial charge in [0.15, 0.2) is 5.82 Å². The van der Waals surface area contributed by atoms with E-state index in [1.165, 1.54) is 16.9 Å². The smallest absolute Gasteiger partial charge is 0.308 e. The van der Waals surface area contributed by atoms with Crippen LogP contribution in [-0.2, 0) is 35.1 Å². The molecule has 3 aliphatic heterocycles. The Morgan fingerprint density at radius 1 is 0.903 bits per heavy atom. The number of fused-ring (bicyclic) bond motifs is 4. The van der Waals surface area contributed by atoms with E-state index in [0.29, 0.717) is 23.8 Å². The number of carbonyl (C=O) groups excluding carboxylic acids is 5. The molecule has 4 amide bonds. The van der Waals surface area contributed by atoms with Crippen molar-refractivity contribution in [3.05, 3.63) is 122 Å². The van der Waals surface area contributed by atoms with Crippen LogP contribution in [0.5, 0.6) is 0 Å². The molecule has 9 rings (SSSR count). The summed E-state index contributed by atoms with van der Waals surface area (Å²) < 4.78 is 7.05. The number of aromatic nitrogens is 4. The Morgan fingerprint density at radius 2 is 1.60 bits per heavy atom. The molecule has 5 atom stereocenters. The van der Waals surface area contributed by atoms with Gasteiger partial charge in [-0.2, -0.15) is 0 Å². The summed E-state index contributed by atoms with van der Waals surface area (Å²) in [6.07, 6.45) is -0.171. The Hall–Kier alpha value is -6.89. The number of aliphatic hydroxyl groups is 1. The molecule has 3 aromatic heterocycles. The van der Waals surface area contributed by atoms with E-state index in [2.05, 4.69) is 39.7 Å². The average Bonchev–Trinajstić information content (AvgIpc) is 4.13. The highest BCUT2D eigenvalue weighted by Gasteiger charge is 2.45. The zero-order valence-corrected chi connectivity index (χ0v) is 43.5. The normalized spacial score (nSPS) is 18.3. The van der Waals surface area contributed by atoms with Gasteiger partial charge in [-0.1, -0.05) is 81.4 Å². The topological polar surface area (TPSA) is 201 Å². The number of methoxy groups -OCH3 is 1. The van der Waals surface area contributed by atoms with Gasteiger partial charge in [-0.15, -0.1) is 32.9 Å². The number of thiazole rings is 1. The molecule has 1 fully saturated rings. The van der Waals surface area contributed by atoms with Crippen molar-refractivity contribution in [1.82, 2.24) is 35.3 Å². The van der Waals surface area contributed by atoms with E-state index in [-0.39, 0.29) is 44.3 Å². The van der Waals surface area contributed by atoms with Crippen molar-refractivity contribution in [1.29, 1.82) is 0 Å². The van der Waals surface area contributed by atoms with Crippen LogP contribution in [0.1, 0.15) is 109 Å². The molecular formula is C54H59N9O7S2. The van der Waals surface area contributed by atoms with Crippen LogP contribution in [0.4, 0.5) is 5.69 Å². The molecule has 18 heteroatoms. The minimum atomic E-state index is -1.08. The van der Waals surface area contributed by atoms with Gasteiger partial charge in [0.1, 0.15) is 35.5 Å². The van der Waals surface area contributed by atoms with Crippen LogP contribution in [0.15, 0.2) is 77.2 Å². The second-order valence-corrected chi connectivity index (χ2v) is 22.0. The van der Waals surface area contributed by atoms with Crippen molar-refractivity contribution in [3.63, 3.8) is 0 Å². The van der Waals surface area contributed by atoms with Crippen molar-refractivity contribution in [2.45, 2.75) is 111 Å². The van der Waals surface area contributed by atoms with Crippen molar-refractivity contribution >= 4 is 63.7 Å². The van der Waals surface area contributed by atoms with E-state index < -0.39 is 53.3 Å². The third kappa shape index (κ3) is 9.74. The quantitative estimate of drug-likeness (QED) is 0.103. The van der Waals surface area contributed by atoms with Crippen LogP contribution in [0.25, 0.3) is 26.6 Å². The Balaban J connectivity index is 0.917. The first-order valence-corrected chi connectivity index (χ1v) is 25.8.